The topological polar surface area (TPSA) is 49.0 Å². The Morgan fingerprint density at radius 2 is 2.07 bits per heavy atom. The van der Waals surface area contributed by atoms with Crippen LogP contribution in [-0.2, 0) is 0 Å². The molecule has 0 saturated carbocycles. The molecular formula is C9H12IN3O. The van der Waals surface area contributed by atoms with Crippen molar-refractivity contribution < 1.29 is 0 Å². The summed E-state index contributed by atoms with van der Waals surface area (Å²) < 4.78 is 0.701. The summed E-state index contributed by atoms with van der Waals surface area (Å²) in [6.45, 7) is 2.04. The fourth-order valence-electron chi connectivity index (χ4n) is 1.70. The second-order valence-electron chi connectivity index (χ2n) is 3.42. The zero-order valence-electron chi connectivity index (χ0n) is 7.79. The minimum atomic E-state index is -0.0406. The summed E-state index contributed by atoms with van der Waals surface area (Å²) in [5, 5.41) is 0. The summed E-state index contributed by atoms with van der Waals surface area (Å²) in [4.78, 5) is 20.4. The van der Waals surface area contributed by atoms with Crippen LogP contribution in [0.3, 0.4) is 0 Å². The molecular weight excluding hydrogens is 293 g/mol. The molecule has 1 aromatic rings. The SMILES string of the molecule is O=c1[nH]cnc(N2CCCCC2)c1I. The molecule has 1 fully saturated rings. The molecule has 0 atom stereocenters. The molecule has 1 saturated heterocycles. The van der Waals surface area contributed by atoms with Crippen LogP contribution >= 0.6 is 22.6 Å². The maximum atomic E-state index is 11.4. The molecule has 5 heteroatoms. The van der Waals surface area contributed by atoms with Crippen molar-refractivity contribution in [2.75, 3.05) is 18.0 Å². The standard InChI is InChI=1S/C9H12IN3O/c10-7-8(11-6-12-9(7)14)13-4-2-1-3-5-13/h6H,1-5H2,(H,11,12,14). The van der Waals surface area contributed by atoms with Gasteiger partial charge in [0.05, 0.1) is 6.33 Å². The highest BCUT2D eigenvalue weighted by Gasteiger charge is 2.15. The van der Waals surface area contributed by atoms with E-state index >= 15 is 0 Å². The molecule has 0 aromatic carbocycles. The summed E-state index contributed by atoms with van der Waals surface area (Å²) in [7, 11) is 0. The Hall–Kier alpha value is -0.590. The Kier molecular flexibility index (Phi) is 3.05. The van der Waals surface area contributed by atoms with E-state index in [2.05, 4.69) is 37.5 Å². The molecule has 0 amide bonds. The zero-order valence-corrected chi connectivity index (χ0v) is 9.95. The van der Waals surface area contributed by atoms with Gasteiger partial charge in [0.1, 0.15) is 9.39 Å². The van der Waals surface area contributed by atoms with Gasteiger partial charge in [0.15, 0.2) is 0 Å². The number of anilines is 1. The minimum absolute atomic E-state index is 0.0406. The van der Waals surface area contributed by atoms with E-state index in [-0.39, 0.29) is 5.56 Å². The molecule has 14 heavy (non-hydrogen) atoms. The van der Waals surface area contributed by atoms with E-state index in [1.165, 1.54) is 25.6 Å². The predicted molar refractivity (Wildman–Crippen MR) is 63.6 cm³/mol. The van der Waals surface area contributed by atoms with Crippen molar-refractivity contribution in [2.45, 2.75) is 19.3 Å². The van der Waals surface area contributed by atoms with Gasteiger partial charge in [-0.25, -0.2) is 4.98 Å². The van der Waals surface area contributed by atoms with Gasteiger partial charge in [-0.05, 0) is 41.9 Å². The van der Waals surface area contributed by atoms with Crippen molar-refractivity contribution in [3.63, 3.8) is 0 Å². The van der Waals surface area contributed by atoms with Crippen LogP contribution in [0.1, 0.15) is 19.3 Å². The highest BCUT2D eigenvalue weighted by Crippen LogP contribution is 2.19. The lowest BCUT2D eigenvalue weighted by Gasteiger charge is -2.27. The third kappa shape index (κ3) is 1.92. The summed E-state index contributed by atoms with van der Waals surface area (Å²) in [6.07, 6.45) is 5.17. The van der Waals surface area contributed by atoms with Crippen molar-refractivity contribution in [1.29, 1.82) is 0 Å². The Morgan fingerprint density at radius 3 is 2.79 bits per heavy atom. The van der Waals surface area contributed by atoms with Gasteiger partial charge in [-0.15, -0.1) is 0 Å². The molecule has 1 aliphatic rings. The van der Waals surface area contributed by atoms with Gasteiger partial charge in [0.25, 0.3) is 5.56 Å². The van der Waals surface area contributed by atoms with Crippen LogP contribution in [0.4, 0.5) is 5.82 Å². The fraction of sp³-hybridized carbons (Fsp3) is 0.556. The number of hydrogen-bond donors (Lipinski definition) is 1. The molecule has 1 aliphatic heterocycles. The van der Waals surface area contributed by atoms with Crippen LogP contribution < -0.4 is 10.5 Å². The summed E-state index contributed by atoms with van der Waals surface area (Å²) in [5.74, 6) is 0.842. The maximum absolute atomic E-state index is 11.4. The molecule has 0 unspecified atom stereocenters. The second kappa shape index (κ2) is 4.29. The van der Waals surface area contributed by atoms with Crippen LogP contribution in [0.5, 0.6) is 0 Å². The van der Waals surface area contributed by atoms with E-state index in [9.17, 15) is 4.79 Å². The van der Waals surface area contributed by atoms with E-state index in [0.717, 1.165) is 18.9 Å². The van der Waals surface area contributed by atoms with Gasteiger partial charge in [-0.3, -0.25) is 4.79 Å². The number of hydrogen-bond acceptors (Lipinski definition) is 3. The van der Waals surface area contributed by atoms with Gasteiger partial charge in [-0.1, -0.05) is 0 Å². The molecule has 1 N–H and O–H groups in total. The number of nitrogens with one attached hydrogen (secondary N) is 1. The number of piperidine rings is 1. The Bertz CT molecular complexity index is 371. The highest BCUT2D eigenvalue weighted by molar-refractivity contribution is 14.1. The first-order chi connectivity index (χ1) is 6.79. The molecule has 0 spiro atoms. The van der Waals surface area contributed by atoms with Crippen LogP contribution in [0.15, 0.2) is 11.1 Å². The predicted octanol–water partition coefficient (Wildman–Crippen LogP) is 1.36. The third-order valence-corrected chi connectivity index (χ3v) is 3.41. The van der Waals surface area contributed by atoms with Gasteiger partial charge in [0, 0.05) is 13.1 Å². The molecule has 0 aliphatic carbocycles. The van der Waals surface area contributed by atoms with Gasteiger partial charge in [0.2, 0.25) is 0 Å². The second-order valence-corrected chi connectivity index (χ2v) is 4.50. The molecule has 0 bridgehead atoms. The molecule has 76 valence electrons. The first-order valence-corrected chi connectivity index (χ1v) is 5.85. The van der Waals surface area contributed by atoms with Crippen LogP contribution in [0, 0.1) is 3.57 Å². The van der Waals surface area contributed by atoms with Gasteiger partial charge < -0.3 is 9.88 Å². The fourth-order valence-corrected chi connectivity index (χ4v) is 2.34. The number of halogens is 1. The Labute approximate surface area is 95.9 Å². The Morgan fingerprint density at radius 1 is 1.36 bits per heavy atom. The quantitative estimate of drug-likeness (QED) is 0.797. The monoisotopic (exact) mass is 305 g/mol. The summed E-state index contributed by atoms with van der Waals surface area (Å²) >= 11 is 2.06. The first-order valence-electron chi connectivity index (χ1n) is 4.77. The van der Waals surface area contributed by atoms with E-state index < -0.39 is 0 Å². The van der Waals surface area contributed by atoms with Crippen molar-refractivity contribution in [2.24, 2.45) is 0 Å². The first kappa shape index (κ1) is 9.95. The van der Waals surface area contributed by atoms with Crippen molar-refractivity contribution in [1.82, 2.24) is 9.97 Å². The lowest BCUT2D eigenvalue weighted by atomic mass is 10.1. The van der Waals surface area contributed by atoms with Crippen LogP contribution in [0.25, 0.3) is 0 Å². The van der Waals surface area contributed by atoms with Crippen molar-refractivity contribution in [3.8, 4) is 0 Å². The minimum Gasteiger partial charge on any atom is -0.356 e. The number of rotatable bonds is 1. The van der Waals surface area contributed by atoms with Crippen molar-refractivity contribution in [3.05, 3.63) is 20.3 Å². The van der Waals surface area contributed by atoms with E-state index in [1.807, 2.05) is 0 Å². The highest BCUT2D eigenvalue weighted by atomic mass is 127. The molecule has 4 nitrogen and oxygen atoms in total. The van der Waals surface area contributed by atoms with E-state index in [1.54, 1.807) is 0 Å². The molecule has 0 radical (unpaired) electrons. The smallest absolute Gasteiger partial charge is 0.266 e. The summed E-state index contributed by atoms with van der Waals surface area (Å²) in [6, 6.07) is 0. The van der Waals surface area contributed by atoms with Gasteiger partial charge in [-0.2, -0.15) is 0 Å². The van der Waals surface area contributed by atoms with E-state index in [4.69, 9.17) is 0 Å². The summed E-state index contributed by atoms with van der Waals surface area (Å²) in [5.41, 5.74) is -0.0406. The lowest BCUT2D eigenvalue weighted by Crippen LogP contribution is -2.32. The zero-order chi connectivity index (χ0) is 9.97. The normalized spacial score (nSPS) is 17.1. The number of nitrogens with zero attached hydrogens (tertiary/aromatic N) is 2. The third-order valence-electron chi connectivity index (χ3n) is 2.43. The number of H-pyrrole nitrogens is 1. The molecule has 1 aromatic heterocycles. The molecule has 2 rings (SSSR count). The number of aromatic amines is 1. The average molecular weight is 305 g/mol. The number of aromatic nitrogens is 2. The molecule has 2 heterocycles. The Balaban J connectivity index is 2.30. The maximum Gasteiger partial charge on any atom is 0.266 e. The average Bonchev–Trinajstić information content (AvgIpc) is 2.23. The lowest BCUT2D eigenvalue weighted by molar-refractivity contribution is 0.572. The van der Waals surface area contributed by atoms with Crippen molar-refractivity contribution >= 4 is 28.4 Å². The van der Waals surface area contributed by atoms with Crippen LogP contribution in [-0.4, -0.2) is 23.1 Å². The van der Waals surface area contributed by atoms with Gasteiger partial charge >= 0.3 is 0 Å². The largest absolute Gasteiger partial charge is 0.356 e. The van der Waals surface area contributed by atoms with E-state index in [0.29, 0.717) is 3.57 Å². The van der Waals surface area contributed by atoms with Crippen LogP contribution in [0.2, 0.25) is 0 Å².